The van der Waals surface area contributed by atoms with Gasteiger partial charge in [0.1, 0.15) is 5.82 Å². The molecule has 0 saturated carbocycles. The van der Waals surface area contributed by atoms with E-state index in [-0.39, 0.29) is 11.6 Å². The molecule has 0 saturated heterocycles. The Balaban J connectivity index is 1.98. The quantitative estimate of drug-likeness (QED) is 0.793. The number of alkyl halides is 3. The van der Waals surface area contributed by atoms with E-state index in [9.17, 15) is 18.0 Å². The summed E-state index contributed by atoms with van der Waals surface area (Å²) in [5.41, 5.74) is -0.559. The fourth-order valence-corrected chi connectivity index (χ4v) is 1.41. The molecule has 3 N–H and O–H groups in total. The average molecular weight is 285 g/mol. The number of amides is 2. The van der Waals surface area contributed by atoms with Crippen LogP contribution in [0.1, 0.15) is 11.4 Å². The first-order valence-corrected chi connectivity index (χ1v) is 5.49. The van der Waals surface area contributed by atoms with Gasteiger partial charge < -0.3 is 5.32 Å². The zero-order chi connectivity index (χ0) is 14.8. The number of anilines is 2. The molecule has 0 radical (unpaired) electrons. The lowest BCUT2D eigenvalue weighted by atomic mass is 10.2. The maximum absolute atomic E-state index is 12.4. The minimum Gasteiger partial charge on any atom is -0.308 e. The molecule has 2 rings (SSSR count). The predicted molar refractivity (Wildman–Crippen MR) is 65.2 cm³/mol. The van der Waals surface area contributed by atoms with Crippen molar-refractivity contribution in [1.82, 2.24) is 15.2 Å². The number of aromatic nitrogens is 3. The highest BCUT2D eigenvalue weighted by molar-refractivity contribution is 5.98. The van der Waals surface area contributed by atoms with Gasteiger partial charge in [-0.3, -0.25) is 10.4 Å². The zero-order valence-corrected chi connectivity index (χ0v) is 10.2. The van der Waals surface area contributed by atoms with Crippen LogP contribution in [0.4, 0.5) is 29.6 Å². The van der Waals surface area contributed by atoms with Crippen molar-refractivity contribution in [3.8, 4) is 0 Å². The van der Waals surface area contributed by atoms with E-state index >= 15 is 0 Å². The van der Waals surface area contributed by atoms with Crippen molar-refractivity contribution < 1.29 is 18.0 Å². The molecule has 0 atom stereocenters. The van der Waals surface area contributed by atoms with Crippen LogP contribution in [-0.2, 0) is 6.18 Å². The summed E-state index contributed by atoms with van der Waals surface area (Å²) in [5, 5.41) is 10.9. The number of carbonyl (C=O) groups excluding carboxylic acids is 1. The number of benzene rings is 1. The van der Waals surface area contributed by atoms with Crippen molar-refractivity contribution >= 4 is 17.7 Å². The predicted octanol–water partition coefficient (Wildman–Crippen LogP) is 2.78. The summed E-state index contributed by atoms with van der Waals surface area (Å²) in [5.74, 6) is 0.599. The Morgan fingerprint density at radius 2 is 1.85 bits per heavy atom. The number of urea groups is 1. The molecule has 9 heteroatoms. The Labute approximate surface area is 111 Å². The number of hydrogen-bond donors (Lipinski definition) is 3. The molecule has 0 aliphatic heterocycles. The second-order valence-corrected chi connectivity index (χ2v) is 3.90. The van der Waals surface area contributed by atoms with Gasteiger partial charge in [-0.05, 0) is 31.2 Å². The van der Waals surface area contributed by atoms with Gasteiger partial charge in [-0.2, -0.15) is 18.2 Å². The highest BCUT2D eigenvalue weighted by Crippen LogP contribution is 2.29. The molecule has 1 aromatic carbocycles. The molecular formula is C11H10F3N5O. The van der Waals surface area contributed by atoms with Gasteiger partial charge in [-0.1, -0.05) is 0 Å². The molecule has 0 aliphatic carbocycles. The Kier molecular flexibility index (Phi) is 3.59. The van der Waals surface area contributed by atoms with Crippen molar-refractivity contribution in [2.24, 2.45) is 0 Å². The van der Waals surface area contributed by atoms with Crippen LogP contribution in [0.15, 0.2) is 24.3 Å². The molecule has 2 amide bonds. The minimum atomic E-state index is -4.41. The van der Waals surface area contributed by atoms with Crippen LogP contribution in [-0.4, -0.2) is 21.2 Å². The molecule has 2 aromatic rings. The molecule has 1 aromatic heterocycles. The van der Waals surface area contributed by atoms with E-state index in [0.717, 1.165) is 24.3 Å². The van der Waals surface area contributed by atoms with Gasteiger partial charge >= 0.3 is 12.2 Å². The number of aryl methyl sites for hydroxylation is 1. The number of H-pyrrole nitrogens is 1. The van der Waals surface area contributed by atoms with Crippen LogP contribution in [0.5, 0.6) is 0 Å². The van der Waals surface area contributed by atoms with E-state index in [1.165, 1.54) is 0 Å². The average Bonchev–Trinajstić information content (AvgIpc) is 2.74. The summed E-state index contributed by atoms with van der Waals surface area (Å²) in [7, 11) is 0. The summed E-state index contributed by atoms with van der Waals surface area (Å²) >= 11 is 0. The Hall–Kier alpha value is -2.58. The molecule has 106 valence electrons. The highest BCUT2D eigenvalue weighted by atomic mass is 19.4. The third-order valence-corrected chi connectivity index (χ3v) is 2.29. The van der Waals surface area contributed by atoms with Crippen molar-refractivity contribution in [1.29, 1.82) is 0 Å². The van der Waals surface area contributed by atoms with E-state index in [1.54, 1.807) is 6.92 Å². The maximum atomic E-state index is 12.4. The second-order valence-electron chi connectivity index (χ2n) is 3.90. The van der Waals surface area contributed by atoms with E-state index in [4.69, 9.17) is 0 Å². The number of aromatic amines is 1. The van der Waals surface area contributed by atoms with E-state index in [0.29, 0.717) is 5.82 Å². The highest BCUT2D eigenvalue weighted by Gasteiger charge is 2.29. The lowest BCUT2D eigenvalue weighted by Crippen LogP contribution is -2.20. The first-order chi connectivity index (χ1) is 9.34. The number of halogens is 3. The number of rotatable bonds is 2. The van der Waals surface area contributed by atoms with Gasteiger partial charge in [0.05, 0.1) is 5.56 Å². The van der Waals surface area contributed by atoms with Crippen LogP contribution in [0.25, 0.3) is 0 Å². The molecule has 20 heavy (non-hydrogen) atoms. The monoisotopic (exact) mass is 285 g/mol. The zero-order valence-electron chi connectivity index (χ0n) is 10.2. The van der Waals surface area contributed by atoms with Crippen LogP contribution in [0.3, 0.4) is 0 Å². The van der Waals surface area contributed by atoms with Gasteiger partial charge in [0.25, 0.3) is 0 Å². The van der Waals surface area contributed by atoms with Crippen LogP contribution in [0, 0.1) is 6.92 Å². The SMILES string of the molecule is Cc1nc(NC(=O)Nc2ccc(C(F)(F)F)cc2)n[nH]1. The molecule has 0 spiro atoms. The minimum absolute atomic E-state index is 0.0758. The summed E-state index contributed by atoms with van der Waals surface area (Å²) in [6.45, 7) is 1.66. The number of nitrogens with one attached hydrogen (secondary N) is 3. The van der Waals surface area contributed by atoms with Crippen molar-refractivity contribution in [2.45, 2.75) is 13.1 Å². The van der Waals surface area contributed by atoms with Crippen LogP contribution >= 0.6 is 0 Å². The molecule has 1 heterocycles. The standard InChI is InChI=1S/C11H10F3N5O/c1-6-15-9(19-18-6)17-10(20)16-8-4-2-7(3-5-8)11(12,13)14/h2-5H,1H3,(H3,15,16,17,18,19,20). The Morgan fingerprint density at radius 1 is 1.20 bits per heavy atom. The van der Waals surface area contributed by atoms with Gasteiger partial charge in [-0.15, -0.1) is 5.10 Å². The van der Waals surface area contributed by atoms with Gasteiger partial charge in [-0.25, -0.2) is 4.79 Å². The maximum Gasteiger partial charge on any atom is 0.416 e. The van der Waals surface area contributed by atoms with Crippen LogP contribution < -0.4 is 10.6 Å². The number of carbonyl (C=O) groups is 1. The first-order valence-electron chi connectivity index (χ1n) is 5.49. The molecule has 0 unspecified atom stereocenters. The molecule has 0 fully saturated rings. The van der Waals surface area contributed by atoms with E-state index < -0.39 is 17.8 Å². The molecule has 6 nitrogen and oxygen atoms in total. The number of hydrogen-bond acceptors (Lipinski definition) is 3. The van der Waals surface area contributed by atoms with Gasteiger partial charge in [0, 0.05) is 5.69 Å². The Bertz CT molecular complexity index is 605. The summed E-state index contributed by atoms with van der Waals surface area (Å²) < 4.78 is 37.1. The lowest BCUT2D eigenvalue weighted by Gasteiger charge is -2.08. The summed E-state index contributed by atoms with van der Waals surface area (Å²) in [6, 6.07) is 3.43. The number of nitrogens with zero attached hydrogens (tertiary/aromatic N) is 2. The molecule has 0 bridgehead atoms. The largest absolute Gasteiger partial charge is 0.416 e. The summed E-state index contributed by atoms with van der Waals surface area (Å²) in [4.78, 5) is 15.4. The molecular weight excluding hydrogens is 275 g/mol. The van der Waals surface area contributed by atoms with Crippen molar-refractivity contribution in [3.63, 3.8) is 0 Å². The van der Waals surface area contributed by atoms with E-state index in [1.807, 2.05) is 0 Å². The second kappa shape index (κ2) is 5.19. The lowest BCUT2D eigenvalue weighted by molar-refractivity contribution is -0.137. The van der Waals surface area contributed by atoms with Gasteiger partial charge in [0.15, 0.2) is 0 Å². The molecule has 0 aliphatic rings. The smallest absolute Gasteiger partial charge is 0.308 e. The third kappa shape index (κ3) is 3.46. The topological polar surface area (TPSA) is 82.7 Å². The Morgan fingerprint density at radius 3 is 2.35 bits per heavy atom. The first kappa shape index (κ1) is 13.8. The van der Waals surface area contributed by atoms with Crippen LogP contribution in [0.2, 0.25) is 0 Å². The fraction of sp³-hybridized carbons (Fsp3) is 0.182. The normalized spacial score (nSPS) is 11.2. The summed E-state index contributed by atoms with van der Waals surface area (Å²) in [6.07, 6.45) is -4.41. The van der Waals surface area contributed by atoms with Crippen molar-refractivity contribution in [2.75, 3.05) is 10.6 Å². The van der Waals surface area contributed by atoms with E-state index in [2.05, 4.69) is 25.8 Å². The van der Waals surface area contributed by atoms with Gasteiger partial charge in [0.2, 0.25) is 5.95 Å². The fourth-order valence-electron chi connectivity index (χ4n) is 1.41. The third-order valence-electron chi connectivity index (χ3n) is 2.29. The van der Waals surface area contributed by atoms with Crippen molar-refractivity contribution in [3.05, 3.63) is 35.7 Å².